The molecule has 9 heteroatoms. The lowest BCUT2D eigenvalue weighted by Gasteiger charge is -2.20. The van der Waals surface area contributed by atoms with Crippen LogP contribution in [0.4, 0.5) is 10.1 Å². The Morgan fingerprint density at radius 1 is 1.23 bits per heavy atom. The quantitative estimate of drug-likeness (QED) is 0.619. The van der Waals surface area contributed by atoms with E-state index < -0.39 is 28.2 Å². The van der Waals surface area contributed by atoms with E-state index in [1.165, 1.54) is 44.3 Å². The molecule has 0 saturated carbocycles. The summed E-state index contributed by atoms with van der Waals surface area (Å²) >= 11 is 5.70. The number of sulfonamides is 1. The molecule has 6 nitrogen and oxygen atoms in total. The van der Waals surface area contributed by atoms with Gasteiger partial charge in [0.15, 0.2) is 6.23 Å². The Morgan fingerprint density at radius 3 is 2.54 bits per heavy atom. The minimum Gasteiger partial charge on any atom is -0.392 e. The zero-order valence-electron chi connectivity index (χ0n) is 14.2. The summed E-state index contributed by atoms with van der Waals surface area (Å²) in [5, 5.41) is 22.3. The van der Waals surface area contributed by atoms with Crippen molar-refractivity contribution in [3.8, 4) is 0 Å². The molecule has 0 radical (unpaired) electrons. The third kappa shape index (κ3) is 4.93. The molecular formula is C17H20ClFN2O4S. The van der Waals surface area contributed by atoms with E-state index in [9.17, 15) is 23.0 Å². The molecule has 0 fully saturated rings. The van der Waals surface area contributed by atoms with Gasteiger partial charge in [0.25, 0.3) is 0 Å². The monoisotopic (exact) mass is 402 g/mol. The molecule has 2 aromatic carbocycles. The van der Waals surface area contributed by atoms with Crippen LogP contribution in [0.2, 0.25) is 5.02 Å². The van der Waals surface area contributed by atoms with Crippen LogP contribution in [0.1, 0.15) is 18.7 Å². The van der Waals surface area contributed by atoms with Crippen LogP contribution < -0.4 is 5.32 Å². The second kappa shape index (κ2) is 8.32. The summed E-state index contributed by atoms with van der Waals surface area (Å²) in [6, 6.07) is 9.66. The van der Waals surface area contributed by atoms with E-state index in [-0.39, 0.29) is 16.5 Å². The number of halogens is 2. The van der Waals surface area contributed by atoms with E-state index in [1.807, 2.05) is 0 Å². The highest BCUT2D eigenvalue weighted by atomic mass is 35.5. The molecule has 0 aromatic heterocycles. The Balaban J connectivity index is 2.23. The summed E-state index contributed by atoms with van der Waals surface area (Å²) in [5.74, 6) is -0.582. The normalized spacial score (nSPS) is 14.3. The molecule has 0 bridgehead atoms. The minimum absolute atomic E-state index is 0.0175. The molecule has 0 amide bonds. The average Bonchev–Trinajstić information content (AvgIpc) is 2.57. The summed E-state index contributed by atoms with van der Waals surface area (Å²) in [5.41, 5.74) is 0.681. The highest BCUT2D eigenvalue weighted by molar-refractivity contribution is 7.89. The number of nitrogens with zero attached hydrogens (tertiary/aromatic N) is 1. The number of benzene rings is 2. The minimum atomic E-state index is -3.81. The van der Waals surface area contributed by atoms with Crippen LogP contribution in [-0.2, 0) is 10.0 Å². The first-order valence-corrected chi connectivity index (χ1v) is 9.57. The van der Waals surface area contributed by atoms with Gasteiger partial charge in [-0.05, 0) is 37.3 Å². The largest absolute Gasteiger partial charge is 0.392 e. The number of hydrogen-bond donors (Lipinski definition) is 3. The maximum Gasteiger partial charge on any atom is 0.242 e. The van der Waals surface area contributed by atoms with Crippen molar-refractivity contribution >= 4 is 27.3 Å². The molecule has 2 unspecified atom stereocenters. The highest BCUT2D eigenvalue weighted by Gasteiger charge is 2.23. The molecule has 2 atom stereocenters. The lowest BCUT2D eigenvalue weighted by Crippen LogP contribution is -2.33. The molecule has 0 heterocycles. The fourth-order valence-electron chi connectivity index (χ4n) is 2.32. The fourth-order valence-corrected chi connectivity index (χ4v) is 3.81. The van der Waals surface area contributed by atoms with Crippen molar-refractivity contribution in [3.05, 3.63) is 58.9 Å². The predicted molar refractivity (Wildman–Crippen MR) is 97.9 cm³/mol. The van der Waals surface area contributed by atoms with Crippen molar-refractivity contribution in [3.63, 3.8) is 0 Å². The molecule has 142 valence electrons. The first-order chi connectivity index (χ1) is 12.1. The number of aliphatic hydroxyl groups is 2. The Hall–Kier alpha value is -1.71. The van der Waals surface area contributed by atoms with E-state index in [0.29, 0.717) is 11.3 Å². The van der Waals surface area contributed by atoms with Gasteiger partial charge in [-0.1, -0.05) is 23.7 Å². The fraction of sp³-hybridized carbons (Fsp3) is 0.294. The average molecular weight is 403 g/mol. The summed E-state index contributed by atoms with van der Waals surface area (Å²) in [6.07, 6.45) is -2.04. The van der Waals surface area contributed by atoms with Crippen molar-refractivity contribution in [2.24, 2.45) is 0 Å². The molecule has 0 aliphatic heterocycles. The number of aliphatic hydroxyl groups excluding tert-OH is 2. The Bertz CT molecular complexity index is 877. The van der Waals surface area contributed by atoms with Crippen molar-refractivity contribution < 1.29 is 23.0 Å². The van der Waals surface area contributed by atoms with E-state index in [1.54, 1.807) is 6.07 Å². The molecule has 0 aliphatic carbocycles. The van der Waals surface area contributed by atoms with Crippen LogP contribution in [0.25, 0.3) is 0 Å². The van der Waals surface area contributed by atoms with Gasteiger partial charge in [0.05, 0.1) is 16.0 Å². The maximum absolute atomic E-state index is 13.2. The van der Waals surface area contributed by atoms with Crippen LogP contribution in [-0.4, -0.2) is 42.6 Å². The van der Waals surface area contributed by atoms with Gasteiger partial charge in [-0.3, -0.25) is 0 Å². The first-order valence-electron chi connectivity index (χ1n) is 7.75. The maximum atomic E-state index is 13.2. The third-order valence-electron chi connectivity index (χ3n) is 3.63. The highest BCUT2D eigenvalue weighted by Crippen LogP contribution is 2.24. The predicted octanol–water partition coefficient (Wildman–Crippen LogP) is 2.58. The number of rotatable bonds is 7. The molecule has 0 aliphatic rings. The first kappa shape index (κ1) is 20.6. The summed E-state index contributed by atoms with van der Waals surface area (Å²) in [6.45, 7) is 1.44. The Morgan fingerprint density at radius 2 is 1.92 bits per heavy atom. The Kier molecular flexibility index (Phi) is 6.59. The van der Waals surface area contributed by atoms with Crippen molar-refractivity contribution in [1.82, 2.24) is 4.31 Å². The van der Waals surface area contributed by atoms with Crippen molar-refractivity contribution in [1.29, 1.82) is 0 Å². The topological polar surface area (TPSA) is 89.9 Å². The van der Waals surface area contributed by atoms with Crippen molar-refractivity contribution in [2.75, 3.05) is 18.9 Å². The smallest absolute Gasteiger partial charge is 0.242 e. The SMILES string of the molecule is CC(O)CN(C)S(=O)(=O)c1cccc(C(O)Nc2ccc(F)c(Cl)c2)c1. The molecule has 26 heavy (non-hydrogen) atoms. The molecule has 2 rings (SSSR count). The zero-order valence-corrected chi connectivity index (χ0v) is 15.8. The van der Waals surface area contributed by atoms with Gasteiger partial charge >= 0.3 is 0 Å². The van der Waals surface area contributed by atoms with Gasteiger partial charge in [0.2, 0.25) is 10.0 Å². The van der Waals surface area contributed by atoms with Gasteiger partial charge in [0, 0.05) is 24.8 Å². The number of likely N-dealkylation sites (N-methyl/N-ethyl adjacent to an activating group) is 1. The summed E-state index contributed by atoms with van der Waals surface area (Å²) in [7, 11) is -2.45. The van der Waals surface area contributed by atoms with E-state index in [4.69, 9.17) is 11.6 Å². The molecule has 2 aromatic rings. The molecule has 0 spiro atoms. The van der Waals surface area contributed by atoms with Gasteiger partial charge in [-0.2, -0.15) is 4.31 Å². The molecule has 3 N–H and O–H groups in total. The van der Waals surface area contributed by atoms with Crippen LogP contribution in [0.15, 0.2) is 47.4 Å². The van der Waals surface area contributed by atoms with Crippen LogP contribution >= 0.6 is 11.6 Å². The van der Waals surface area contributed by atoms with Gasteiger partial charge in [0.1, 0.15) is 5.82 Å². The van der Waals surface area contributed by atoms with Crippen molar-refractivity contribution in [2.45, 2.75) is 24.2 Å². The Labute approximate surface area is 156 Å². The van der Waals surface area contributed by atoms with Crippen LogP contribution in [0, 0.1) is 5.82 Å². The number of hydrogen-bond acceptors (Lipinski definition) is 5. The van der Waals surface area contributed by atoms with E-state index >= 15 is 0 Å². The number of anilines is 1. The molecular weight excluding hydrogens is 383 g/mol. The lowest BCUT2D eigenvalue weighted by molar-refractivity contribution is 0.171. The lowest BCUT2D eigenvalue weighted by atomic mass is 10.2. The second-order valence-corrected chi connectivity index (χ2v) is 8.33. The second-order valence-electron chi connectivity index (χ2n) is 5.88. The summed E-state index contributed by atoms with van der Waals surface area (Å²) < 4.78 is 39.3. The van der Waals surface area contributed by atoms with Crippen LogP contribution in [0.5, 0.6) is 0 Å². The van der Waals surface area contributed by atoms with Gasteiger partial charge in [-0.25, -0.2) is 12.8 Å². The van der Waals surface area contributed by atoms with Gasteiger partial charge in [-0.15, -0.1) is 0 Å². The van der Waals surface area contributed by atoms with Gasteiger partial charge < -0.3 is 15.5 Å². The van der Waals surface area contributed by atoms with E-state index in [0.717, 1.165) is 10.4 Å². The summed E-state index contributed by atoms with van der Waals surface area (Å²) in [4.78, 5) is -0.0175. The zero-order chi connectivity index (χ0) is 19.5. The number of nitrogens with one attached hydrogen (secondary N) is 1. The van der Waals surface area contributed by atoms with Crippen LogP contribution in [0.3, 0.4) is 0 Å². The molecule has 0 saturated heterocycles. The standard InChI is InChI=1S/C17H20ClFN2O4S/c1-11(22)10-21(2)26(24,25)14-5-3-4-12(8-14)17(23)20-13-6-7-16(19)15(18)9-13/h3-9,11,17,20,22-23H,10H2,1-2H3. The third-order valence-corrected chi connectivity index (χ3v) is 5.74. The van der Waals surface area contributed by atoms with E-state index in [2.05, 4.69) is 5.32 Å².